The molecule has 1 aliphatic rings. The molecule has 0 radical (unpaired) electrons. The van der Waals surface area contributed by atoms with Crippen molar-refractivity contribution >= 4 is 32.4 Å². The minimum atomic E-state index is -3.62. The number of carbonyl (C=O) groups excluding carboxylic acids is 1. The number of aryl methyl sites for hydroxylation is 2. The van der Waals surface area contributed by atoms with Crippen molar-refractivity contribution in [2.75, 3.05) is 5.32 Å². The van der Waals surface area contributed by atoms with Crippen LogP contribution in [0.4, 0.5) is 5.13 Å². The second-order valence-electron chi connectivity index (χ2n) is 7.78. The van der Waals surface area contributed by atoms with Gasteiger partial charge >= 0.3 is 0 Å². The minimum absolute atomic E-state index is 0.134. The Bertz CT molecular complexity index is 903. The Balaban J connectivity index is 1.71. The molecule has 2 aromatic rings. The standard InChI is InChI=1S/C19H25N3O3S2/c1-19(2,3)22-27(24,25)14-11-9-13(10-12-14)17(23)21-18-20-15-7-5-4-6-8-16(15)26-18/h9-12,22H,4-8H2,1-3H3,(H,20,21,23). The van der Waals surface area contributed by atoms with Gasteiger partial charge in [0, 0.05) is 16.0 Å². The molecule has 1 aliphatic carbocycles. The molecular formula is C19H25N3O3S2. The van der Waals surface area contributed by atoms with Crippen molar-refractivity contribution in [3.8, 4) is 0 Å². The first-order valence-electron chi connectivity index (χ1n) is 9.08. The smallest absolute Gasteiger partial charge is 0.257 e. The van der Waals surface area contributed by atoms with Crippen molar-refractivity contribution in [3.05, 3.63) is 40.4 Å². The van der Waals surface area contributed by atoms with Crippen molar-refractivity contribution in [3.63, 3.8) is 0 Å². The van der Waals surface area contributed by atoms with Gasteiger partial charge in [0.25, 0.3) is 5.91 Å². The van der Waals surface area contributed by atoms with Crippen molar-refractivity contribution in [1.29, 1.82) is 0 Å². The summed E-state index contributed by atoms with van der Waals surface area (Å²) in [5.74, 6) is -0.286. The second-order valence-corrected chi connectivity index (χ2v) is 10.5. The summed E-state index contributed by atoms with van der Waals surface area (Å²) in [5, 5.41) is 3.44. The lowest BCUT2D eigenvalue weighted by atomic mass is 10.1. The van der Waals surface area contributed by atoms with E-state index in [9.17, 15) is 13.2 Å². The molecule has 0 saturated heterocycles. The maximum absolute atomic E-state index is 12.5. The summed E-state index contributed by atoms with van der Waals surface area (Å²) >= 11 is 1.54. The van der Waals surface area contributed by atoms with Gasteiger partial charge in [-0.25, -0.2) is 18.1 Å². The number of nitrogens with zero attached hydrogens (tertiary/aromatic N) is 1. The molecule has 3 rings (SSSR count). The maximum atomic E-state index is 12.5. The Morgan fingerprint density at radius 3 is 2.41 bits per heavy atom. The molecule has 6 nitrogen and oxygen atoms in total. The van der Waals surface area contributed by atoms with Crippen LogP contribution in [0, 0.1) is 0 Å². The number of aromatic nitrogens is 1. The lowest BCUT2D eigenvalue weighted by Crippen LogP contribution is -2.40. The van der Waals surface area contributed by atoms with E-state index in [1.54, 1.807) is 20.8 Å². The fraction of sp³-hybridized carbons (Fsp3) is 0.474. The van der Waals surface area contributed by atoms with Crippen molar-refractivity contribution in [2.24, 2.45) is 0 Å². The highest BCUT2D eigenvalue weighted by Crippen LogP contribution is 2.29. The summed E-state index contributed by atoms with van der Waals surface area (Å²) in [5.41, 5.74) is 0.926. The third kappa shape index (κ3) is 5.15. The van der Waals surface area contributed by atoms with Crippen LogP contribution in [-0.4, -0.2) is 24.8 Å². The van der Waals surface area contributed by atoms with Gasteiger partial charge in [-0.1, -0.05) is 6.42 Å². The highest BCUT2D eigenvalue weighted by atomic mass is 32.2. The molecule has 146 valence electrons. The molecule has 2 N–H and O–H groups in total. The highest BCUT2D eigenvalue weighted by molar-refractivity contribution is 7.89. The number of anilines is 1. The number of amides is 1. The van der Waals surface area contributed by atoms with Gasteiger partial charge in [0.05, 0.1) is 10.6 Å². The van der Waals surface area contributed by atoms with Crippen LogP contribution >= 0.6 is 11.3 Å². The predicted molar refractivity (Wildman–Crippen MR) is 108 cm³/mol. The van der Waals surface area contributed by atoms with E-state index in [4.69, 9.17) is 0 Å². The van der Waals surface area contributed by atoms with Crippen molar-refractivity contribution < 1.29 is 13.2 Å². The number of rotatable bonds is 4. The first kappa shape index (κ1) is 20.0. The molecule has 8 heteroatoms. The van der Waals surface area contributed by atoms with Crippen LogP contribution in [0.15, 0.2) is 29.2 Å². The molecule has 0 unspecified atom stereocenters. The number of carbonyl (C=O) groups is 1. The lowest BCUT2D eigenvalue weighted by Gasteiger charge is -2.20. The fourth-order valence-electron chi connectivity index (χ4n) is 3.00. The molecule has 27 heavy (non-hydrogen) atoms. The number of fused-ring (bicyclic) bond motifs is 1. The van der Waals surface area contributed by atoms with E-state index < -0.39 is 15.6 Å². The van der Waals surface area contributed by atoms with Crippen LogP contribution in [0.25, 0.3) is 0 Å². The summed E-state index contributed by atoms with van der Waals surface area (Å²) in [4.78, 5) is 18.4. The molecule has 0 aliphatic heterocycles. The first-order valence-corrected chi connectivity index (χ1v) is 11.4. The molecule has 0 atom stereocenters. The number of thiazole rings is 1. The fourth-order valence-corrected chi connectivity index (χ4v) is 5.46. The SMILES string of the molecule is CC(C)(C)NS(=O)(=O)c1ccc(C(=O)Nc2nc3c(s2)CCCCC3)cc1. The first-order chi connectivity index (χ1) is 12.6. The summed E-state index contributed by atoms with van der Waals surface area (Å²) in [6.45, 7) is 5.34. The Hall–Kier alpha value is -1.77. The number of nitrogens with one attached hydrogen (secondary N) is 2. The van der Waals surface area contributed by atoms with E-state index in [1.165, 1.54) is 53.3 Å². The molecule has 1 heterocycles. The van der Waals surface area contributed by atoms with Gasteiger partial charge in [-0.3, -0.25) is 10.1 Å². The normalized spacial score (nSPS) is 15.1. The molecule has 1 amide bonds. The molecule has 0 bridgehead atoms. The van der Waals surface area contributed by atoms with Crippen LogP contribution in [0.2, 0.25) is 0 Å². The van der Waals surface area contributed by atoms with Crippen LogP contribution in [0.1, 0.15) is 61.0 Å². The van der Waals surface area contributed by atoms with E-state index in [-0.39, 0.29) is 10.8 Å². The zero-order valence-corrected chi connectivity index (χ0v) is 17.5. The largest absolute Gasteiger partial charge is 0.298 e. The molecule has 0 spiro atoms. The van der Waals surface area contributed by atoms with Gasteiger partial charge in [0.2, 0.25) is 10.0 Å². The monoisotopic (exact) mass is 407 g/mol. The summed E-state index contributed by atoms with van der Waals surface area (Å²) < 4.78 is 27.3. The van der Waals surface area contributed by atoms with E-state index in [0.29, 0.717) is 10.7 Å². The zero-order valence-electron chi connectivity index (χ0n) is 15.8. The van der Waals surface area contributed by atoms with Crippen molar-refractivity contribution in [1.82, 2.24) is 9.71 Å². The van der Waals surface area contributed by atoms with Crippen molar-refractivity contribution in [2.45, 2.75) is 63.3 Å². The van der Waals surface area contributed by atoms with Gasteiger partial charge in [0.1, 0.15) is 0 Å². The quantitative estimate of drug-likeness (QED) is 0.756. The summed E-state index contributed by atoms with van der Waals surface area (Å²) in [7, 11) is -3.62. The molecule has 1 aromatic heterocycles. The zero-order chi connectivity index (χ0) is 19.7. The van der Waals surface area contributed by atoms with Gasteiger partial charge in [-0.05, 0) is 70.7 Å². The van der Waals surface area contributed by atoms with Crippen LogP contribution in [0.3, 0.4) is 0 Å². The van der Waals surface area contributed by atoms with E-state index in [2.05, 4.69) is 15.0 Å². The van der Waals surface area contributed by atoms with Gasteiger partial charge in [-0.2, -0.15) is 0 Å². The predicted octanol–water partition coefficient (Wildman–Crippen LogP) is 3.74. The Labute approximate surface area is 164 Å². The second kappa shape index (κ2) is 7.69. The lowest BCUT2D eigenvalue weighted by molar-refractivity contribution is 0.102. The molecule has 0 fully saturated rings. The number of sulfonamides is 1. The van der Waals surface area contributed by atoms with Crippen LogP contribution in [-0.2, 0) is 22.9 Å². The average molecular weight is 408 g/mol. The summed E-state index contributed by atoms with van der Waals surface area (Å²) in [6, 6.07) is 5.93. The minimum Gasteiger partial charge on any atom is -0.298 e. The van der Waals surface area contributed by atoms with Gasteiger partial charge < -0.3 is 0 Å². The topological polar surface area (TPSA) is 88.2 Å². The van der Waals surface area contributed by atoms with E-state index in [1.807, 2.05) is 0 Å². The Morgan fingerprint density at radius 2 is 1.74 bits per heavy atom. The maximum Gasteiger partial charge on any atom is 0.257 e. The highest BCUT2D eigenvalue weighted by Gasteiger charge is 2.22. The van der Waals surface area contributed by atoms with E-state index >= 15 is 0 Å². The number of hydrogen-bond acceptors (Lipinski definition) is 5. The Morgan fingerprint density at radius 1 is 1.07 bits per heavy atom. The number of hydrogen-bond donors (Lipinski definition) is 2. The molecular weight excluding hydrogens is 382 g/mol. The Kier molecular flexibility index (Phi) is 5.69. The summed E-state index contributed by atoms with van der Waals surface area (Å²) in [6.07, 6.45) is 5.53. The van der Waals surface area contributed by atoms with E-state index in [0.717, 1.165) is 25.0 Å². The third-order valence-electron chi connectivity index (χ3n) is 4.18. The average Bonchev–Trinajstić information content (AvgIpc) is 2.81. The van der Waals surface area contributed by atoms with Crippen LogP contribution < -0.4 is 10.0 Å². The molecule has 0 saturated carbocycles. The third-order valence-corrected chi connectivity index (χ3v) is 7.03. The number of benzene rings is 1. The molecule has 1 aromatic carbocycles. The van der Waals surface area contributed by atoms with Gasteiger partial charge in [-0.15, -0.1) is 11.3 Å². The van der Waals surface area contributed by atoms with Gasteiger partial charge in [0.15, 0.2) is 5.13 Å². The van der Waals surface area contributed by atoms with Crippen LogP contribution in [0.5, 0.6) is 0 Å².